The molecule has 0 aliphatic carbocycles. The van der Waals surface area contributed by atoms with Gasteiger partial charge < -0.3 is 19.3 Å². The van der Waals surface area contributed by atoms with Gasteiger partial charge in [0.15, 0.2) is 0 Å². The van der Waals surface area contributed by atoms with Crippen molar-refractivity contribution in [3.8, 4) is 28.4 Å². The van der Waals surface area contributed by atoms with Crippen molar-refractivity contribution >= 4 is 17.6 Å². The number of benzene rings is 3. The van der Waals surface area contributed by atoms with E-state index >= 15 is 0 Å². The van der Waals surface area contributed by atoms with Gasteiger partial charge in [0.25, 0.3) is 0 Å². The molecule has 0 spiro atoms. The number of hydrogen-bond donors (Lipinski definition) is 1. The minimum atomic E-state index is -0.909. The van der Waals surface area contributed by atoms with E-state index in [-0.39, 0.29) is 22.6 Å². The van der Waals surface area contributed by atoms with Crippen LogP contribution in [-0.4, -0.2) is 35.2 Å². The first-order valence-electron chi connectivity index (χ1n) is 15.2. The van der Waals surface area contributed by atoms with Gasteiger partial charge in [-0.3, -0.25) is 10.1 Å². The van der Waals surface area contributed by atoms with E-state index in [0.29, 0.717) is 30.9 Å². The van der Waals surface area contributed by atoms with Crippen molar-refractivity contribution in [1.82, 2.24) is 0 Å². The summed E-state index contributed by atoms with van der Waals surface area (Å²) in [6, 6.07) is 18.3. The molecule has 1 N–H and O–H groups in total. The van der Waals surface area contributed by atoms with Crippen LogP contribution >= 0.6 is 0 Å². The molecule has 0 fully saturated rings. The maximum atomic E-state index is 12.8. The largest absolute Gasteiger partial charge is 0.494 e. The van der Waals surface area contributed by atoms with E-state index in [9.17, 15) is 19.7 Å². The number of carboxylic acid groups (broad SMARTS) is 1. The zero-order valence-electron chi connectivity index (χ0n) is 25.3. The van der Waals surface area contributed by atoms with E-state index in [1.54, 1.807) is 30.3 Å². The van der Waals surface area contributed by atoms with Crippen LogP contribution in [-0.2, 0) is 4.79 Å². The van der Waals surface area contributed by atoms with Crippen LogP contribution in [0.4, 0.5) is 5.69 Å². The van der Waals surface area contributed by atoms with Gasteiger partial charge in [0, 0.05) is 11.6 Å². The Labute approximate surface area is 258 Å². The lowest BCUT2D eigenvalue weighted by Crippen LogP contribution is -2.10. The molecular weight excluding hydrogens is 562 g/mol. The molecule has 44 heavy (non-hydrogen) atoms. The van der Waals surface area contributed by atoms with E-state index < -0.39 is 16.9 Å². The number of esters is 1. The van der Waals surface area contributed by atoms with Crippen molar-refractivity contribution in [2.24, 2.45) is 0 Å². The van der Waals surface area contributed by atoms with Crippen molar-refractivity contribution in [3.63, 3.8) is 0 Å². The average Bonchev–Trinajstić information content (AvgIpc) is 3.03. The molecule has 0 unspecified atom stereocenters. The summed E-state index contributed by atoms with van der Waals surface area (Å²) in [5, 5.41) is 20.6. The van der Waals surface area contributed by atoms with E-state index in [4.69, 9.17) is 19.3 Å². The summed E-state index contributed by atoms with van der Waals surface area (Å²) < 4.78 is 16.8. The predicted molar refractivity (Wildman–Crippen MR) is 170 cm³/mol. The Morgan fingerprint density at radius 1 is 0.773 bits per heavy atom. The molecule has 0 saturated carbocycles. The molecular formula is C35H41NO8. The molecule has 0 bridgehead atoms. The fraction of sp³-hybridized carbons (Fsp3) is 0.371. The number of nitro benzene ring substituents is 1. The van der Waals surface area contributed by atoms with Crippen LogP contribution in [0.5, 0.6) is 17.2 Å². The number of hydrogen-bond acceptors (Lipinski definition) is 7. The Bertz CT molecular complexity index is 1380. The summed E-state index contributed by atoms with van der Waals surface area (Å²) in [5.41, 5.74) is 1.63. The molecule has 234 valence electrons. The van der Waals surface area contributed by atoms with E-state index in [1.165, 1.54) is 12.1 Å². The maximum absolute atomic E-state index is 12.8. The molecule has 0 aliphatic rings. The number of aliphatic carboxylic acids is 1. The Hall–Kier alpha value is -4.66. The van der Waals surface area contributed by atoms with Crippen LogP contribution < -0.4 is 14.2 Å². The first kappa shape index (κ1) is 33.8. The number of carboxylic acids is 1. The van der Waals surface area contributed by atoms with Gasteiger partial charge in [-0.1, -0.05) is 70.2 Å². The van der Waals surface area contributed by atoms with Crippen LogP contribution in [0.15, 0.2) is 78.9 Å². The third kappa shape index (κ3) is 11.2. The molecule has 3 rings (SSSR count). The second-order valence-corrected chi connectivity index (χ2v) is 10.6. The highest BCUT2D eigenvalue weighted by Gasteiger charge is 2.20. The summed E-state index contributed by atoms with van der Waals surface area (Å²) in [6.45, 7) is 6.75. The van der Waals surface area contributed by atoms with Crippen molar-refractivity contribution in [3.05, 3.63) is 94.6 Å². The molecule has 9 nitrogen and oxygen atoms in total. The molecule has 0 radical (unpaired) electrons. The quantitative estimate of drug-likeness (QED) is 0.0339. The standard InChI is InChI=1S/C35H41NO8/c1-3-23-42-30-18-13-27(14-19-30)29-17-22-33(32(25-29)36(40)41)44-35(39)28-15-20-31(21-16-28)43-24-11-9-7-5-4-6-8-10-12-26(2)34(37)38/h13-22,25H,2-12,23-24H2,1H3,(H,37,38). The van der Waals surface area contributed by atoms with Crippen molar-refractivity contribution in [2.45, 2.75) is 71.1 Å². The summed E-state index contributed by atoms with van der Waals surface area (Å²) in [6.07, 6.45) is 9.79. The SMILES string of the molecule is C=C(CCCCCCCCCCOc1ccc(C(=O)Oc2ccc(-c3ccc(OCCC)cc3)cc2[N+](=O)[O-])cc1)C(=O)O. The molecule has 3 aromatic rings. The fourth-order valence-corrected chi connectivity index (χ4v) is 4.53. The molecule has 0 heterocycles. The lowest BCUT2D eigenvalue weighted by molar-refractivity contribution is -0.385. The van der Waals surface area contributed by atoms with Crippen molar-refractivity contribution in [2.75, 3.05) is 13.2 Å². The number of ether oxygens (including phenoxy) is 3. The molecule has 3 aromatic carbocycles. The first-order valence-corrected chi connectivity index (χ1v) is 15.2. The molecule has 0 aliphatic heterocycles. The number of rotatable bonds is 20. The third-order valence-electron chi connectivity index (χ3n) is 7.05. The highest BCUT2D eigenvalue weighted by molar-refractivity contribution is 5.92. The molecule has 9 heteroatoms. The normalized spacial score (nSPS) is 10.7. The molecule has 0 saturated heterocycles. The minimum absolute atomic E-state index is 0.129. The first-order chi connectivity index (χ1) is 21.3. The summed E-state index contributed by atoms with van der Waals surface area (Å²) in [5.74, 6) is -0.377. The highest BCUT2D eigenvalue weighted by Crippen LogP contribution is 2.33. The average molecular weight is 604 g/mol. The van der Waals surface area contributed by atoms with E-state index in [2.05, 4.69) is 6.58 Å². The summed E-state index contributed by atoms with van der Waals surface area (Å²) >= 11 is 0. The van der Waals surface area contributed by atoms with Crippen LogP contribution in [0.3, 0.4) is 0 Å². The zero-order chi connectivity index (χ0) is 31.7. The van der Waals surface area contributed by atoms with Gasteiger partial charge in [0.05, 0.1) is 23.7 Å². The van der Waals surface area contributed by atoms with Crippen LogP contribution in [0, 0.1) is 10.1 Å². The van der Waals surface area contributed by atoms with Crippen LogP contribution in [0.2, 0.25) is 0 Å². The van der Waals surface area contributed by atoms with E-state index in [0.717, 1.165) is 69.1 Å². The number of unbranched alkanes of at least 4 members (excludes halogenated alkanes) is 7. The monoisotopic (exact) mass is 603 g/mol. The predicted octanol–water partition coefficient (Wildman–Crippen LogP) is 8.80. The van der Waals surface area contributed by atoms with Gasteiger partial charge in [-0.05, 0) is 79.3 Å². The lowest BCUT2D eigenvalue weighted by Gasteiger charge is -2.09. The van der Waals surface area contributed by atoms with Crippen LogP contribution in [0.25, 0.3) is 11.1 Å². The van der Waals surface area contributed by atoms with Crippen LogP contribution in [0.1, 0.15) is 81.5 Å². The van der Waals surface area contributed by atoms with Gasteiger partial charge >= 0.3 is 17.6 Å². The summed E-state index contributed by atoms with van der Waals surface area (Å²) in [4.78, 5) is 34.7. The Morgan fingerprint density at radius 2 is 1.32 bits per heavy atom. The second kappa shape index (κ2) is 18.1. The molecule has 0 atom stereocenters. The molecule has 0 aromatic heterocycles. The molecule has 0 amide bonds. The maximum Gasteiger partial charge on any atom is 0.343 e. The van der Waals surface area contributed by atoms with Crippen molar-refractivity contribution < 1.29 is 33.8 Å². The topological polar surface area (TPSA) is 125 Å². The lowest BCUT2D eigenvalue weighted by atomic mass is 10.0. The van der Waals surface area contributed by atoms with E-state index in [1.807, 2.05) is 31.2 Å². The number of carbonyl (C=O) groups excluding carboxylic acids is 1. The van der Waals surface area contributed by atoms with Gasteiger partial charge in [-0.15, -0.1) is 0 Å². The van der Waals surface area contributed by atoms with Gasteiger partial charge in [0.2, 0.25) is 5.75 Å². The number of nitrogens with zero attached hydrogens (tertiary/aromatic N) is 1. The number of nitro groups is 1. The van der Waals surface area contributed by atoms with Gasteiger partial charge in [-0.25, -0.2) is 9.59 Å². The third-order valence-corrected chi connectivity index (χ3v) is 7.05. The van der Waals surface area contributed by atoms with Gasteiger partial charge in [0.1, 0.15) is 11.5 Å². The zero-order valence-corrected chi connectivity index (χ0v) is 25.3. The fourth-order valence-electron chi connectivity index (χ4n) is 4.53. The number of carbonyl (C=O) groups is 2. The second-order valence-electron chi connectivity index (χ2n) is 10.6. The Balaban J connectivity index is 1.40. The van der Waals surface area contributed by atoms with Gasteiger partial charge in [-0.2, -0.15) is 0 Å². The Kier molecular flexibility index (Phi) is 13.9. The highest BCUT2D eigenvalue weighted by atomic mass is 16.6. The summed E-state index contributed by atoms with van der Waals surface area (Å²) in [7, 11) is 0. The van der Waals surface area contributed by atoms with Crippen molar-refractivity contribution in [1.29, 1.82) is 0 Å². The minimum Gasteiger partial charge on any atom is -0.494 e. The Morgan fingerprint density at radius 3 is 1.91 bits per heavy atom. The smallest absolute Gasteiger partial charge is 0.343 e.